The molecule has 3 aromatic rings. The van der Waals surface area contributed by atoms with Gasteiger partial charge in [-0.3, -0.25) is 4.79 Å². The second-order valence-corrected chi connectivity index (χ2v) is 7.24. The SMILES string of the molecule is CC(=O)NC1CCN(c2nc(Nc3cc(N)cc(C#N)c3)nc3cc(F)ccc23)C1.Cl. The van der Waals surface area contributed by atoms with Crippen molar-refractivity contribution in [3.8, 4) is 6.07 Å². The summed E-state index contributed by atoms with van der Waals surface area (Å²) in [5, 5.41) is 15.9. The number of nitrogens with zero attached hydrogens (tertiary/aromatic N) is 4. The molecule has 8 nitrogen and oxygen atoms in total. The Kier molecular flexibility index (Phi) is 6.42. The molecule has 1 amide bonds. The summed E-state index contributed by atoms with van der Waals surface area (Å²) in [5.74, 6) is 0.445. The number of nitrogens with two attached hydrogens (primary N) is 1. The predicted octanol–water partition coefficient (Wildman–Crippen LogP) is 3.10. The Bertz CT molecular complexity index is 1180. The monoisotopic (exact) mass is 441 g/mol. The van der Waals surface area contributed by atoms with Gasteiger partial charge in [0.05, 0.1) is 17.1 Å². The minimum atomic E-state index is -0.397. The summed E-state index contributed by atoms with van der Waals surface area (Å²) in [6.07, 6.45) is 0.787. The average Bonchev–Trinajstić information content (AvgIpc) is 3.14. The van der Waals surface area contributed by atoms with E-state index in [4.69, 9.17) is 11.0 Å². The van der Waals surface area contributed by atoms with Gasteiger partial charge in [0.2, 0.25) is 11.9 Å². The smallest absolute Gasteiger partial charge is 0.229 e. The number of amides is 1. The molecule has 1 fully saturated rings. The summed E-state index contributed by atoms with van der Waals surface area (Å²) in [7, 11) is 0. The van der Waals surface area contributed by atoms with Gasteiger partial charge >= 0.3 is 0 Å². The Balaban J connectivity index is 0.00000272. The van der Waals surface area contributed by atoms with Crippen LogP contribution >= 0.6 is 12.4 Å². The lowest BCUT2D eigenvalue weighted by Crippen LogP contribution is -2.35. The van der Waals surface area contributed by atoms with Crippen LogP contribution in [-0.2, 0) is 4.79 Å². The number of anilines is 4. The van der Waals surface area contributed by atoms with Gasteiger partial charge in [0.15, 0.2) is 0 Å². The highest BCUT2D eigenvalue weighted by molar-refractivity contribution is 5.91. The number of hydrogen-bond acceptors (Lipinski definition) is 7. The fraction of sp³-hybridized carbons (Fsp3) is 0.238. The Morgan fingerprint density at radius 3 is 2.84 bits per heavy atom. The minimum Gasteiger partial charge on any atom is -0.399 e. The van der Waals surface area contributed by atoms with E-state index in [1.54, 1.807) is 24.3 Å². The van der Waals surface area contributed by atoms with Gasteiger partial charge in [-0.15, -0.1) is 12.4 Å². The molecule has 1 aliphatic rings. The van der Waals surface area contributed by atoms with Crippen LogP contribution in [0.2, 0.25) is 0 Å². The molecule has 1 atom stereocenters. The van der Waals surface area contributed by atoms with E-state index in [1.807, 2.05) is 4.90 Å². The molecule has 160 valence electrons. The third-order valence-electron chi connectivity index (χ3n) is 4.87. The summed E-state index contributed by atoms with van der Waals surface area (Å²) in [6, 6.07) is 11.3. The van der Waals surface area contributed by atoms with E-state index in [9.17, 15) is 9.18 Å². The van der Waals surface area contributed by atoms with Crippen LogP contribution in [0.4, 0.5) is 27.5 Å². The maximum absolute atomic E-state index is 13.9. The van der Waals surface area contributed by atoms with Gasteiger partial charge in [-0.2, -0.15) is 10.2 Å². The summed E-state index contributed by atoms with van der Waals surface area (Å²) < 4.78 is 13.9. The summed E-state index contributed by atoms with van der Waals surface area (Å²) >= 11 is 0. The third kappa shape index (κ3) is 4.92. The molecule has 0 aliphatic carbocycles. The van der Waals surface area contributed by atoms with Gasteiger partial charge in [0, 0.05) is 48.9 Å². The maximum Gasteiger partial charge on any atom is 0.229 e. The van der Waals surface area contributed by atoms with Crippen molar-refractivity contribution in [1.29, 1.82) is 5.26 Å². The zero-order chi connectivity index (χ0) is 21.3. The predicted molar refractivity (Wildman–Crippen MR) is 120 cm³/mol. The molecular formula is C21H21ClFN7O. The number of fused-ring (bicyclic) bond motifs is 1. The van der Waals surface area contributed by atoms with E-state index in [2.05, 4.69) is 26.7 Å². The molecule has 0 radical (unpaired) electrons. The summed E-state index contributed by atoms with van der Waals surface area (Å²) in [6.45, 7) is 2.79. The van der Waals surface area contributed by atoms with Crippen molar-refractivity contribution in [2.75, 3.05) is 29.0 Å². The van der Waals surface area contributed by atoms with Gasteiger partial charge in [0.1, 0.15) is 11.6 Å². The van der Waals surface area contributed by atoms with E-state index in [-0.39, 0.29) is 30.3 Å². The molecule has 1 aliphatic heterocycles. The molecule has 1 saturated heterocycles. The van der Waals surface area contributed by atoms with Crippen molar-refractivity contribution in [1.82, 2.24) is 15.3 Å². The number of nitrogens with one attached hydrogen (secondary N) is 2. The second kappa shape index (κ2) is 9.02. The van der Waals surface area contributed by atoms with Crippen molar-refractivity contribution in [2.45, 2.75) is 19.4 Å². The first-order valence-corrected chi connectivity index (χ1v) is 9.48. The zero-order valence-electron chi connectivity index (χ0n) is 16.7. The zero-order valence-corrected chi connectivity index (χ0v) is 17.5. The molecule has 1 unspecified atom stereocenters. The first kappa shape index (κ1) is 22.1. The molecule has 0 bridgehead atoms. The number of halogens is 2. The van der Waals surface area contributed by atoms with E-state index >= 15 is 0 Å². The van der Waals surface area contributed by atoms with Gasteiger partial charge in [-0.25, -0.2) is 9.37 Å². The molecule has 2 heterocycles. The van der Waals surface area contributed by atoms with E-state index in [1.165, 1.54) is 19.1 Å². The third-order valence-corrected chi connectivity index (χ3v) is 4.87. The highest BCUT2D eigenvalue weighted by Crippen LogP contribution is 2.30. The number of hydrogen-bond donors (Lipinski definition) is 3. The standard InChI is InChI=1S/C21H20FN7O.ClH/c1-12(30)25-16-4-5-29(11-16)20-18-3-2-14(22)8-19(18)27-21(28-20)26-17-7-13(10-23)6-15(24)9-17;/h2-3,6-9,16H,4-5,11,24H2,1H3,(H,25,30)(H,26,27,28);1H. The van der Waals surface area contributed by atoms with Crippen molar-refractivity contribution < 1.29 is 9.18 Å². The number of nitrogen functional groups attached to an aromatic ring is 1. The van der Waals surface area contributed by atoms with Gasteiger partial charge in [0.25, 0.3) is 0 Å². The Labute approximate surface area is 184 Å². The molecule has 0 spiro atoms. The minimum absolute atomic E-state index is 0. The summed E-state index contributed by atoms with van der Waals surface area (Å²) in [5.41, 5.74) is 7.71. The van der Waals surface area contributed by atoms with Gasteiger partial charge in [-0.1, -0.05) is 0 Å². The van der Waals surface area contributed by atoms with Gasteiger partial charge in [-0.05, 0) is 36.8 Å². The fourth-order valence-electron chi connectivity index (χ4n) is 3.66. The topological polar surface area (TPSA) is 120 Å². The molecule has 2 aromatic carbocycles. The lowest BCUT2D eigenvalue weighted by molar-refractivity contribution is -0.119. The van der Waals surface area contributed by atoms with Crippen LogP contribution in [0.25, 0.3) is 10.9 Å². The molecule has 10 heteroatoms. The molecule has 31 heavy (non-hydrogen) atoms. The van der Waals surface area contributed by atoms with Crippen molar-refractivity contribution in [2.24, 2.45) is 0 Å². The van der Waals surface area contributed by atoms with Crippen molar-refractivity contribution >= 4 is 52.4 Å². The number of nitriles is 1. The molecular weight excluding hydrogens is 421 g/mol. The molecule has 4 rings (SSSR count). The normalized spacial score (nSPS) is 15.3. The fourth-order valence-corrected chi connectivity index (χ4v) is 3.66. The second-order valence-electron chi connectivity index (χ2n) is 7.24. The molecule has 0 saturated carbocycles. The van der Waals surface area contributed by atoms with E-state index in [0.717, 1.165) is 11.8 Å². The van der Waals surface area contributed by atoms with E-state index in [0.29, 0.717) is 41.4 Å². The van der Waals surface area contributed by atoms with Crippen LogP contribution in [0.1, 0.15) is 18.9 Å². The molecule has 1 aromatic heterocycles. The largest absolute Gasteiger partial charge is 0.399 e. The maximum atomic E-state index is 13.9. The van der Waals surface area contributed by atoms with Crippen molar-refractivity contribution in [3.63, 3.8) is 0 Å². The Morgan fingerprint density at radius 1 is 1.29 bits per heavy atom. The first-order chi connectivity index (χ1) is 14.4. The summed E-state index contributed by atoms with van der Waals surface area (Å²) in [4.78, 5) is 22.5. The number of rotatable bonds is 4. The number of carbonyl (C=O) groups is 1. The van der Waals surface area contributed by atoms with Crippen LogP contribution in [0, 0.1) is 17.1 Å². The number of carbonyl (C=O) groups excluding carboxylic acids is 1. The number of aromatic nitrogens is 2. The average molecular weight is 442 g/mol. The highest BCUT2D eigenvalue weighted by Gasteiger charge is 2.26. The highest BCUT2D eigenvalue weighted by atomic mass is 35.5. The van der Waals surface area contributed by atoms with E-state index < -0.39 is 5.82 Å². The van der Waals surface area contributed by atoms with Crippen LogP contribution in [0.15, 0.2) is 36.4 Å². The number of benzene rings is 2. The first-order valence-electron chi connectivity index (χ1n) is 9.48. The van der Waals surface area contributed by atoms with Crippen molar-refractivity contribution in [3.05, 3.63) is 47.8 Å². The Morgan fingerprint density at radius 2 is 2.10 bits per heavy atom. The lowest BCUT2D eigenvalue weighted by Gasteiger charge is -2.20. The Hall–Kier alpha value is -3.64. The van der Waals surface area contributed by atoms with Gasteiger partial charge < -0.3 is 21.3 Å². The lowest BCUT2D eigenvalue weighted by atomic mass is 10.2. The molecule has 4 N–H and O–H groups in total. The quantitative estimate of drug-likeness (QED) is 0.532. The van der Waals surface area contributed by atoms with Crippen LogP contribution < -0.4 is 21.3 Å². The van der Waals surface area contributed by atoms with Crippen LogP contribution in [-0.4, -0.2) is 35.0 Å². The van der Waals surface area contributed by atoms with Crippen LogP contribution in [0.3, 0.4) is 0 Å². The van der Waals surface area contributed by atoms with Crippen LogP contribution in [0.5, 0.6) is 0 Å².